The summed E-state index contributed by atoms with van der Waals surface area (Å²) < 4.78 is 65.2. The summed E-state index contributed by atoms with van der Waals surface area (Å²) in [5.74, 6) is -3.66. The Bertz CT molecular complexity index is 619. The van der Waals surface area contributed by atoms with Crippen LogP contribution in [-0.2, 0) is 6.18 Å². The molecular formula is C12H8F5N3. The molecule has 0 aliphatic heterocycles. The number of hydrogen-bond donors (Lipinski definition) is 1. The molecule has 1 aromatic heterocycles. The van der Waals surface area contributed by atoms with Crippen LogP contribution in [0.1, 0.15) is 5.82 Å². The highest BCUT2D eigenvalue weighted by atomic mass is 19.4. The number of halogens is 5. The molecule has 0 fully saturated rings. The topological polar surface area (TPSA) is 37.8 Å². The van der Waals surface area contributed by atoms with Gasteiger partial charge in [0.2, 0.25) is 5.82 Å². The van der Waals surface area contributed by atoms with Crippen molar-refractivity contribution in [1.82, 2.24) is 9.97 Å². The molecule has 0 unspecified atom stereocenters. The first-order chi connectivity index (χ1) is 9.32. The molecule has 1 N–H and O–H groups in total. The zero-order valence-corrected chi connectivity index (χ0v) is 10.1. The van der Waals surface area contributed by atoms with Crippen LogP contribution in [0, 0.1) is 11.6 Å². The minimum atomic E-state index is -4.82. The number of hydrogen-bond acceptors (Lipinski definition) is 3. The second-order valence-corrected chi connectivity index (χ2v) is 3.81. The van der Waals surface area contributed by atoms with E-state index in [1.54, 1.807) is 0 Å². The molecule has 2 rings (SSSR count). The van der Waals surface area contributed by atoms with Crippen molar-refractivity contribution in [2.45, 2.75) is 6.18 Å². The molecule has 1 heterocycles. The summed E-state index contributed by atoms with van der Waals surface area (Å²) in [6, 6.07) is 4.02. The van der Waals surface area contributed by atoms with Gasteiger partial charge in [-0.3, -0.25) is 0 Å². The van der Waals surface area contributed by atoms with Gasteiger partial charge in [-0.25, -0.2) is 18.7 Å². The zero-order valence-electron chi connectivity index (χ0n) is 10.1. The molecule has 3 nitrogen and oxygen atoms in total. The number of alkyl halides is 3. The normalized spacial score (nSPS) is 11.5. The van der Waals surface area contributed by atoms with Gasteiger partial charge in [0, 0.05) is 13.1 Å². The van der Waals surface area contributed by atoms with Gasteiger partial charge in [0.15, 0.2) is 0 Å². The smallest absolute Gasteiger partial charge is 0.373 e. The predicted octanol–water partition coefficient (Wildman–Crippen LogP) is 3.48. The lowest BCUT2D eigenvalue weighted by atomic mass is 10.1. The average molecular weight is 289 g/mol. The lowest BCUT2D eigenvalue weighted by molar-refractivity contribution is -0.144. The maximum absolute atomic E-state index is 13.6. The number of rotatable bonds is 2. The largest absolute Gasteiger partial charge is 0.451 e. The standard InChI is InChI=1S/C12H8F5N3/c1-18-9-5-8(19-11(20-9)12(15,16)17)10-6(13)3-2-4-7(10)14/h2-5H,1H3,(H,18,19,20). The van der Waals surface area contributed by atoms with Crippen molar-refractivity contribution in [3.63, 3.8) is 0 Å². The molecule has 2 aromatic rings. The van der Waals surface area contributed by atoms with Gasteiger partial charge in [-0.2, -0.15) is 13.2 Å². The van der Waals surface area contributed by atoms with E-state index in [2.05, 4.69) is 15.3 Å². The third-order valence-electron chi connectivity index (χ3n) is 2.45. The SMILES string of the molecule is CNc1cc(-c2c(F)cccc2F)nc(C(F)(F)F)n1. The van der Waals surface area contributed by atoms with Crippen molar-refractivity contribution in [3.05, 3.63) is 41.7 Å². The summed E-state index contributed by atoms with van der Waals surface area (Å²) in [6.45, 7) is 0. The number of benzene rings is 1. The van der Waals surface area contributed by atoms with Gasteiger partial charge < -0.3 is 5.32 Å². The van der Waals surface area contributed by atoms with Crippen LogP contribution in [-0.4, -0.2) is 17.0 Å². The van der Waals surface area contributed by atoms with Gasteiger partial charge in [0.25, 0.3) is 0 Å². The molecule has 0 spiro atoms. The summed E-state index contributed by atoms with van der Waals surface area (Å²) in [4.78, 5) is 6.40. The highest BCUT2D eigenvalue weighted by Gasteiger charge is 2.35. The Hall–Kier alpha value is -2.25. The van der Waals surface area contributed by atoms with Crippen LogP contribution in [0.15, 0.2) is 24.3 Å². The minimum Gasteiger partial charge on any atom is -0.373 e. The maximum atomic E-state index is 13.6. The van der Waals surface area contributed by atoms with E-state index in [9.17, 15) is 22.0 Å². The first-order valence-electron chi connectivity index (χ1n) is 5.41. The van der Waals surface area contributed by atoms with Crippen molar-refractivity contribution in [2.75, 3.05) is 12.4 Å². The van der Waals surface area contributed by atoms with Gasteiger partial charge in [0.1, 0.15) is 17.5 Å². The molecule has 0 amide bonds. The lowest BCUT2D eigenvalue weighted by Gasteiger charge is -2.11. The Morgan fingerprint density at radius 2 is 1.65 bits per heavy atom. The van der Waals surface area contributed by atoms with E-state index in [1.165, 1.54) is 7.05 Å². The quantitative estimate of drug-likeness (QED) is 0.860. The fourth-order valence-electron chi connectivity index (χ4n) is 1.57. The second-order valence-electron chi connectivity index (χ2n) is 3.81. The van der Waals surface area contributed by atoms with Crippen LogP contribution >= 0.6 is 0 Å². The van der Waals surface area contributed by atoms with Crippen molar-refractivity contribution in [1.29, 1.82) is 0 Å². The lowest BCUT2D eigenvalue weighted by Crippen LogP contribution is -2.13. The van der Waals surface area contributed by atoms with Gasteiger partial charge in [-0.05, 0) is 12.1 Å². The molecule has 106 valence electrons. The van der Waals surface area contributed by atoms with Gasteiger partial charge in [-0.15, -0.1) is 0 Å². The van der Waals surface area contributed by atoms with E-state index in [0.29, 0.717) is 0 Å². The summed E-state index contributed by atoms with van der Waals surface area (Å²) in [6.07, 6.45) is -4.82. The van der Waals surface area contributed by atoms with Gasteiger partial charge in [0.05, 0.1) is 11.3 Å². The summed E-state index contributed by atoms with van der Waals surface area (Å²) in [5, 5.41) is 2.39. The van der Waals surface area contributed by atoms with Crippen molar-refractivity contribution in [2.24, 2.45) is 0 Å². The number of anilines is 1. The molecule has 0 aliphatic rings. The van der Waals surface area contributed by atoms with Gasteiger partial charge >= 0.3 is 6.18 Å². The van der Waals surface area contributed by atoms with Crippen LogP contribution in [0.4, 0.5) is 27.8 Å². The van der Waals surface area contributed by atoms with Crippen LogP contribution in [0.5, 0.6) is 0 Å². The van der Waals surface area contributed by atoms with E-state index in [4.69, 9.17) is 0 Å². The molecule has 20 heavy (non-hydrogen) atoms. The van der Waals surface area contributed by atoms with E-state index in [-0.39, 0.29) is 5.82 Å². The second kappa shape index (κ2) is 5.03. The van der Waals surface area contributed by atoms with Crippen LogP contribution < -0.4 is 5.32 Å². The number of nitrogens with zero attached hydrogens (tertiary/aromatic N) is 2. The molecule has 0 bridgehead atoms. The summed E-state index contributed by atoms with van der Waals surface area (Å²) in [5.41, 5.74) is -1.11. The van der Waals surface area contributed by atoms with Crippen molar-refractivity contribution in [3.8, 4) is 11.3 Å². The van der Waals surface area contributed by atoms with E-state index < -0.39 is 34.9 Å². The van der Waals surface area contributed by atoms with Crippen molar-refractivity contribution >= 4 is 5.82 Å². The molecule has 0 radical (unpaired) electrons. The number of nitrogens with one attached hydrogen (secondary N) is 1. The van der Waals surface area contributed by atoms with Crippen molar-refractivity contribution < 1.29 is 22.0 Å². The Kier molecular flexibility index (Phi) is 3.56. The molecule has 0 saturated heterocycles. The fourth-order valence-corrected chi connectivity index (χ4v) is 1.57. The molecule has 0 aliphatic carbocycles. The Morgan fingerprint density at radius 3 is 2.15 bits per heavy atom. The van der Waals surface area contributed by atoms with E-state index in [1.807, 2.05) is 0 Å². The molecular weight excluding hydrogens is 281 g/mol. The van der Waals surface area contributed by atoms with Crippen LogP contribution in [0.25, 0.3) is 11.3 Å². The third kappa shape index (κ3) is 2.68. The monoisotopic (exact) mass is 289 g/mol. The summed E-state index contributed by atoms with van der Waals surface area (Å²) in [7, 11) is 1.34. The van der Waals surface area contributed by atoms with Crippen LogP contribution in [0.2, 0.25) is 0 Å². The van der Waals surface area contributed by atoms with Gasteiger partial charge in [-0.1, -0.05) is 6.07 Å². The maximum Gasteiger partial charge on any atom is 0.451 e. The predicted molar refractivity (Wildman–Crippen MR) is 61.9 cm³/mol. The van der Waals surface area contributed by atoms with E-state index >= 15 is 0 Å². The third-order valence-corrected chi connectivity index (χ3v) is 2.45. The highest BCUT2D eigenvalue weighted by molar-refractivity contribution is 5.64. The van der Waals surface area contributed by atoms with Crippen LogP contribution in [0.3, 0.4) is 0 Å². The Labute approximate surface area is 110 Å². The minimum absolute atomic E-state index is 0.190. The Morgan fingerprint density at radius 1 is 1.05 bits per heavy atom. The first-order valence-corrected chi connectivity index (χ1v) is 5.41. The zero-order chi connectivity index (χ0) is 14.9. The molecule has 0 atom stereocenters. The number of aromatic nitrogens is 2. The molecule has 8 heteroatoms. The highest BCUT2D eigenvalue weighted by Crippen LogP contribution is 2.31. The molecule has 0 saturated carbocycles. The first kappa shape index (κ1) is 14.2. The fraction of sp³-hybridized carbons (Fsp3) is 0.167. The molecule has 1 aromatic carbocycles. The Balaban J connectivity index is 2.68. The van der Waals surface area contributed by atoms with E-state index in [0.717, 1.165) is 24.3 Å². The summed E-state index contributed by atoms with van der Waals surface area (Å²) >= 11 is 0. The average Bonchev–Trinajstić information content (AvgIpc) is 2.37.